The second-order valence-electron chi connectivity index (χ2n) is 5.50. The van der Waals surface area contributed by atoms with E-state index in [0.29, 0.717) is 5.92 Å². The van der Waals surface area contributed by atoms with Crippen molar-refractivity contribution < 1.29 is 0 Å². The fraction of sp³-hybridized carbons (Fsp3) is 0.375. The highest BCUT2D eigenvalue weighted by Crippen LogP contribution is 2.31. The second-order valence-corrected chi connectivity index (χ2v) is 5.50. The molecule has 1 atom stereocenters. The average Bonchev–Trinajstić information content (AvgIpc) is 2.82. The summed E-state index contributed by atoms with van der Waals surface area (Å²) in [6.07, 6.45) is 6.81. The Morgan fingerprint density at radius 3 is 2.26 bits per heavy atom. The minimum atomic E-state index is 0.158. The molecule has 3 heteroatoms. The van der Waals surface area contributed by atoms with E-state index in [-0.39, 0.29) is 6.04 Å². The first-order chi connectivity index (χ1) is 9.22. The molecule has 0 fully saturated rings. The molecule has 0 bridgehead atoms. The zero-order chi connectivity index (χ0) is 13.2. The Morgan fingerprint density at radius 2 is 1.74 bits per heavy atom. The van der Waals surface area contributed by atoms with Crippen molar-refractivity contribution in [3.05, 3.63) is 59.2 Å². The number of fused-ring (bicyclic) bond motifs is 1. The van der Waals surface area contributed by atoms with Gasteiger partial charge in [-0.05, 0) is 42.9 Å². The summed E-state index contributed by atoms with van der Waals surface area (Å²) in [6.45, 7) is 2.00. The minimum absolute atomic E-state index is 0.158. The number of hydrogen-bond donors (Lipinski definition) is 1. The van der Waals surface area contributed by atoms with Gasteiger partial charge in [0.2, 0.25) is 0 Å². The number of aromatic nitrogens is 2. The lowest BCUT2D eigenvalue weighted by Crippen LogP contribution is -2.18. The van der Waals surface area contributed by atoms with Crippen LogP contribution < -0.4 is 5.73 Å². The third-order valence-electron chi connectivity index (χ3n) is 3.70. The number of nitrogens with two attached hydrogens (primary N) is 1. The highest BCUT2D eigenvalue weighted by atomic mass is 14.9. The molecular formula is C16H19N3. The molecule has 0 amide bonds. The molecule has 2 N–H and O–H groups in total. The summed E-state index contributed by atoms with van der Waals surface area (Å²) >= 11 is 0. The third kappa shape index (κ3) is 2.66. The molecule has 1 aliphatic rings. The van der Waals surface area contributed by atoms with Gasteiger partial charge in [0.1, 0.15) is 5.82 Å². The van der Waals surface area contributed by atoms with Gasteiger partial charge >= 0.3 is 0 Å². The highest BCUT2D eigenvalue weighted by Gasteiger charge is 2.24. The lowest BCUT2D eigenvalue weighted by atomic mass is 10.1. The van der Waals surface area contributed by atoms with Gasteiger partial charge in [0, 0.05) is 24.4 Å². The topological polar surface area (TPSA) is 51.8 Å². The normalized spacial score (nSPS) is 16.3. The van der Waals surface area contributed by atoms with Gasteiger partial charge in [-0.2, -0.15) is 0 Å². The quantitative estimate of drug-likeness (QED) is 0.912. The SMILES string of the molecule is CC(N)Cc1cnc(C2Cc3ccccc3C2)nc1. The van der Waals surface area contributed by atoms with Crippen molar-refractivity contribution in [2.45, 2.75) is 38.1 Å². The first-order valence-electron chi connectivity index (χ1n) is 6.85. The molecule has 1 heterocycles. The van der Waals surface area contributed by atoms with Crippen molar-refractivity contribution >= 4 is 0 Å². The van der Waals surface area contributed by atoms with Gasteiger partial charge in [-0.1, -0.05) is 24.3 Å². The van der Waals surface area contributed by atoms with E-state index in [1.807, 2.05) is 19.3 Å². The first kappa shape index (κ1) is 12.3. The molecular weight excluding hydrogens is 234 g/mol. The Hall–Kier alpha value is -1.74. The Morgan fingerprint density at radius 1 is 1.16 bits per heavy atom. The predicted octanol–water partition coefficient (Wildman–Crippen LogP) is 2.25. The summed E-state index contributed by atoms with van der Waals surface area (Å²) in [7, 11) is 0. The van der Waals surface area contributed by atoms with E-state index in [0.717, 1.165) is 30.7 Å². The van der Waals surface area contributed by atoms with Crippen LogP contribution in [0.4, 0.5) is 0 Å². The van der Waals surface area contributed by atoms with E-state index in [2.05, 4.69) is 34.2 Å². The van der Waals surface area contributed by atoms with Crippen LogP contribution in [0.1, 0.15) is 35.4 Å². The van der Waals surface area contributed by atoms with E-state index in [1.54, 1.807) is 0 Å². The van der Waals surface area contributed by atoms with Crippen LogP contribution in [-0.2, 0) is 19.3 Å². The van der Waals surface area contributed by atoms with Crippen LogP contribution in [-0.4, -0.2) is 16.0 Å². The molecule has 0 aliphatic heterocycles. The molecule has 2 aromatic rings. The summed E-state index contributed by atoms with van der Waals surface area (Å²) in [6, 6.07) is 8.78. The number of hydrogen-bond acceptors (Lipinski definition) is 3. The minimum Gasteiger partial charge on any atom is -0.328 e. The molecule has 1 aromatic heterocycles. The van der Waals surface area contributed by atoms with Gasteiger partial charge < -0.3 is 5.73 Å². The van der Waals surface area contributed by atoms with Gasteiger partial charge in [0.15, 0.2) is 0 Å². The first-order valence-corrected chi connectivity index (χ1v) is 6.85. The van der Waals surface area contributed by atoms with Crippen LogP contribution in [0.2, 0.25) is 0 Å². The number of nitrogens with zero attached hydrogens (tertiary/aromatic N) is 2. The maximum atomic E-state index is 5.79. The second kappa shape index (κ2) is 5.10. The van der Waals surface area contributed by atoms with Crippen molar-refractivity contribution in [3.63, 3.8) is 0 Å². The van der Waals surface area contributed by atoms with Crippen molar-refractivity contribution in [3.8, 4) is 0 Å². The van der Waals surface area contributed by atoms with Gasteiger partial charge in [-0.25, -0.2) is 9.97 Å². The van der Waals surface area contributed by atoms with Crippen LogP contribution in [0.3, 0.4) is 0 Å². The summed E-state index contributed by atoms with van der Waals surface area (Å²) in [4.78, 5) is 9.06. The molecule has 0 saturated carbocycles. The zero-order valence-corrected chi connectivity index (χ0v) is 11.2. The standard InChI is InChI=1S/C16H19N3/c1-11(17)6-12-9-18-16(19-10-12)15-7-13-4-2-3-5-14(13)8-15/h2-5,9-11,15H,6-8,17H2,1H3. The number of rotatable bonds is 3. The lowest BCUT2D eigenvalue weighted by Gasteiger charge is -2.09. The zero-order valence-electron chi connectivity index (χ0n) is 11.2. The van der Waals surface area contributed by atoms with Crippen molar-refractivity contribution in [2.75, 3.05) is 0 Å². The van der Waals surface area contributed by atoms with Crippen LogP contribution in [0.5, 0.6) is 0 Å². The molecule has 3 rings (SSSR count). The Bertz CT molecular complexity index is 535. The molecule has 3 nitrogen and oxygen atoms in total. The summed E-state index contributed by atoms with van der Waals surface area (Å²) in [5.41, 5.74) is 9.79. The molecule has 0 spiro atoms. The lowest BCUT2D eigenvalue weighted by molar-refractivity contribution is 0.672. The molecule has 1 aliphatic carbocycles. The van der Waals surface area contributed by atoms with Gasteiger partial charge in [-0.15, -0.1) is 0 Å². The fourth-order valence-electron chi connectivity index (χ4n) is 2.79. The molecule has 0 radical (unpaired) electrons. The number of benzene rings is 1. The third-order valence-corrected chi connectivity index (χ3v) is 3.70. The van der Waals surface area contributed by atoms with Crippen LogP contribution >= 0.6 is 0 Å². The summed E-state index contributed by atoms with van der Waals surface area (Å²) in [5.74, 6) is 1.39. The Kier molecular flexibility index (Phi) is 3.30. The van der Waals surface area contributed by atoms with E-state index < -0.39 is 0 Å². The largest absolute Gasteiger partial charge is 0.328 e. The van der Waals surface area contributed by atoms with Crippen molar-refractivity contribution in [2.24, 2.45) is 5.73 Å². The Balaban J connectivity index is 1.75. The predicted molar refractivity (Wildman–Crippen MR) is 76.0 cm³/mol. The van der Waals surface area contributed by atoms with E-state index in [1.165, 1.54) is 11.1 Å². The Labute approximate surface area is 113 Å². The van der Waals surface area contributed by atoms with Crippen LogP contribution in [0, 0.1) is 0 Å². The smallest absolute Gasteiger partial charge is 0.131 e. The molecule has 1 unspecified atom stereocenters. The summed E-state index contributed by atoms with van der Waals surface area (Å²) < 4.78 is 0. The molecule has 98 valence electrons. The average molecular weight is 253 g/mol. The van der Waals surface area contributed by atoms with E-state index in [4.69, 9.17) is 5.73 Å². The van der Waals surface area contributed by atoms with Crippen LogP contribution in [0.15, 0.2) is 36.7 Å². The fourth-order valence-corrected chi connectivity index (χ4v) is 2.79. The maximum Gasteiger partial charge on any atom is 0.131 e. The molecule has 19 heavy (non-hydrogen) atoms. The van der Waals surface area contributed by atoms with Gasteiger partial charge in [-0.3, -0.25) is 0 Å². The van der Waals surface area contributed by atoms with Crippen molar-refractivity contribution in [1.82, 2.24) is 9.97 Å². The molecule has 1 aromatic carbocycles. The van der Waals surface area contributed by atoms with Crippen LogP contribution in [0.25, 0.3) is 0 Å². The molecule has 0 saturated heterocycles. The van der Waals surface area contributed by atoms with Gasteiger partial charge in [0.05, 0.1) is 0 Å². The maximum absolute atomic E-state index is 5.79. The summed E-state index contributed by atoms with van der Waals surface area (Å²) in [5, 5.41) is 0. The highest BCUT2D eigenvalue weighted by molar-refractivity contribution is 5.35. The monoisotopic (exact) mass is 253 g/mol. The van der Waals surface area contributed by atoms with Crippen molar-refractivity contribution in [1.29, 1.82) is 0 Å². The van der Waals surface area contributed by atoms with E-state index >= 15 is 0 Å². The van der Waals surface area contributed by atoms with E-state index in [9.17, 15) is 0 Å². The van der Waals surface area contributed by atoms with Gasteiger partial charge in [0.25, 0.3) is 0 Å².